The van der Waals surface area contributed by atoms with Crippen LogP contribution in [-0.2, 0) is 6.42 Å². The van der Waals surface area contributed by atoms with Gasteiger partial charge in [-0.3, -0.25) is 4.79 Å². The van der Waals surface area contributed by atoms with Crippen molar-refractivity contribution in [1.82, 2.24) is 10.3 Å². The van der Waals surface area contributed by atoms with Crippen molar-refractivity contribution in [2.24, 2.45) is 0 Å². The second-order valence-corrected chi connectivity index (χ2v) is 7.38. The molecule has 0 aliphatic rings. The average molecular weight is 385 g/mol. The highest BCUT2D eigenvalue weighted by Crippen LogP contribution is 2.22. The molecule has 0 spiro atoms. The van der Waals surface area contributed by atoms with Gasteiger partial charge in [0.2, 0.25) is 0 Å². The van der Waals surface area contributed by atoms with Crippen molar-refractivity contribution in [3.8, 4) is 22.4 Å². The molecule has 0 radical (unpaired) electrons. The van der Waals surface area contributed by atoms with E-state index in [1.165, 1.54) is 0 Å². The number of amides is 1. The normalized spacial score (nSPS) is 10.6. The summed E-state index contributed by atoms with van der Waals surface area (Å²) in [4.78, 5) is 17.0. The molecule has 1 N–H and O–H groups in total. The molecule has 0 aliphatic carbocycles. The fourth-order valence-electron chi connectivity index (χ4n) is 3.00. The Hall–Kier alpha value is -3.24. The Balaban J connectivity index is 1.32. The fourth-order valence-corrected chi connectivity index (χ4v) is 3.80. The van der Waals surface area contributed by atoms with Crippen LogP contribution < -0.4 is 5.32 Å². The van der Waals surface area contributed by atoms with Gasteiger partial charge in [-0.05, 0) is 23.3 Å². The van der Waals surface area contributed by atoms with E-state index < -0.39 is 0 Å². The molecule has 4 heteroatoms. The maximum Gasteiger partial charge on any atom is 0.251 e. The monoisotopic (exact) mass is 384 g/mol. The standard InChI is InChI=1S/C24H20N2OS/c27-24(21-13-11-19(12-14-21)18-7-3-1-4-8-18)25-16-15-23-26-22(17-28-23)20-9-5-2-6-10-20/h1-14,17H,15-16H2,(H,25,27). The predicted molar refractivity (Wildman–Crippen MR) is 115 cm³/mol. The maximum atomic E-state index is 12.4. The summed E-state index contributed by atoms with van der Waals surface area (Å²) >= 11 is 1.63. The summed E-state index contributed by atoms with van der Waals surface area (Å²) < 4.78 is 0. The van der Waals surface area contributed by atoms with Crippen LogP contribution in [0.3, 0.4) is 0 Å². The van der Waals surface area contributed by atoms with E-state index in [1.54, 1.807) is 11.3 Å². The zero-order valence-electron chi connectivity index (χ0n) is 15.3. The third-order valence-corrected chi connectivity index (χ3v) is 5.41. The number of hydrogen-bond acceptors (Lipinski definition) is 3. The molecule has 1 heterocycles. The van der Waals surface area contributed by atoms with Crippen molar-refractivity contribution < 1.29 is 4.79 Å². The lowest BCUT2D eigenvalue weighted by Crippen LogP contribution is -2.25. The van der Waals surface area contributed by atoms with Gasteiger partial charge in [0.25, 0.3) is 5.91 Å². The minimum atomic E-state index is -0.0561. The largest absolute Gasteiger partial charge is 0.352 e. The van der Waals surface area contributed by atoms with Gasteiger partial charge in [-0.2, -0.15) is 0 Å². The van der Waals surface area contributed by atoms with Gasteiger partial charge in [-0.15, -0.1) is 11.3 Å². The minimum Gasteiger partial charge on any atom is -0.352 e. The fraction of sp³-hybridized carbons (Fsp3) is 0.0833. The molecule has 138 valence electrons. The van der Waals surface area contributed by atoms with Gasteiger partial charge < -0.3 is 5.32 Å². The second-order valence-electron chi connectivity index (χ2n) is 6.44. The van der Waals surface area contributed by atoms with Gasteiger partial charge >= 0.3 is 0 Å². The first-order chi connectivity index (χ1) is 13.8. The topological polar surface area (TPSA) is 42.0 Å². The summed E-state index contributed by atoms with van der Waals surface area (Å²) in [5, 5.41) is 6.07. The molecular formula is C24H20N2OS. The number of hydrogen-bond donors (Lipinski definition) is 1. The molecule has 1 amide bonds. The van der Waals surface area contributed by atoms with Crippen molar-refractivity contribution in [2.45, 2.75) is 6.42 Å². The molecule has 4 rings (SSSR count). The number of thiazole rings is 1. The highest BCUT2D eigenvalue weighted by Gasteiger charge is 2.08. The Morgan fingerprint density at radius 2 is 1.39 bits per heavy atom. The van der Waals surface area contributed by atoms with Gasteiger partial charge in [-0.25, -0.2) is 4.98 Å². The number of rotatable bonds is 6. The second kappa shape index (κ2) is 8.63. The van der Waals surface area contributed by atoms with Gasteiger partial charge in [0.15, 0.2) is 0 Å². The summed E-state index contributed by atoms with van der Waals surface area (Å²) in [5.74, 6) is -0.0561. The van der Waals surface area contributed by atoms with E-state index in [4.69, 9.17) is 0 Å². The predicted octanol–water partition coefficient (Wildman–Crippen LogP) is 5.45. The van der Waals surface area contributed by atoms with Crippen LogP contribution >= 0.6 is 11.3 Å². The molecule has 28 heavy (non-hydrogen) atoms. The first-order valence-corrected chi connectivity index (χ1v) is 10.1. The van der Waals surface area contributed by atoms with Crippen molar-refractivity contribution >= 4 is 17.2 Å². The molecule has 0 fully saturated rings. The van der Waals surface area contributed by atoms with Gasteiger partial charge in [0.05, 0.1) is 10.7 Å². The summed E-state index contributed by atoms with van der Waals surface area (Å²) in [5.41, 5.74) is 5.03. The molecule has 4 aromatic rings. The summed E-state index contributed by atoms with van der Waals surface area (Å²) in [7, 11) is 0. The quantitative estimate of drug-likeness (QED) is 0.480. The number of carbonyl (C=O) groups is 1. The van der Waals surface area contributed by atoms with Crippen LogP contribution in [0.4, 0.5) is 0 Å². The summed E-state index contributed by atoms with van der Waals surface area (Å²) in [6.45, 7) is 0.570. The van der Waals surface area contributed by atoms with Crippen molar-refractivity contribution in [3.05, 3.63) is 101 Å². The van der Waals surface area contributed by atoms with Crippen LogP contribution in [0.5, 0.6) is 0 Å². The Labute approximate surface area is 168 Å². The molecular weight excluding hydrogens is 364 g/mol. The smallest absolute Gasteiger partial charge is 0.251 e. The Kier molecular flexibility index (Phi) is 5.59. The highest BCUT2D eigenvalue weighted by atomic mass is 32.1. The van der Waals surface area contributed by atoms with Crippen LogP contribution in [-0.4, -0.2) is 17.4 Å². The van der Waals surface area contributed by atoms with E-state index in [1.807, 2.05) is 60.7 Å². The van der Waals surface area contributed by atoms with Crippen LogP contribution in [0.15, 0.2) is 90.3 Å². The molecule has 0 aliphatic heterocycles. The van der Waals surface area contributed by atoms with Crippen molar-refractivity contribution in [1.29, 1.82) is 0 Å². The number of nitrogens with one attached hydrogen (secondary N) is 1. The average Bonchev–Trinajstić information content (AvgIpc) is 3.24. The highest BCUT2D eigenvalue weighted by molar-refractivity contribution is 7.09. The van der Waals surface area contributed by atoms with E-state index >= 15 is 0 Å². The lowest BCUT2D eigenvalue weighted by molar-refractivity contribution is 0.0954. The lowest BCUT2D eigenvalue weighted by Gasteiger charge is -2.06. The third-order valence-electron chi connectivity index (χ3n) is 4.50. The van der Waals surface area contributed by atoms with E-state index in [9.17, 15) is 4.79 Å². The van der Waals surface area contributed by atoms with Gasteiger partial charge in [0.1, 0.15) is 0 Å². The van der Waals surface area contributed by atoms with Gasteiger partial charge in [-0.1, -0.05) is 72.8 Å². The van der Waals surface area contributed by atoms with Gasteiger partial charge in [0, 0.05) is 29.5 Å². The minimum absolute atomic E-state index is 0.0561. The number of nitrogens with zero attached hydrogens (tertiary/aromatic N) is 1. The summed E-state index contributed by atoms with van der Waals surface area (Å²) in [6, 6.07) is 28.0. The zero-order chi connectivity index (χ0) is 19.2. The zero-order valence-corrected chi connectivity index (χ0v) is 16.2. The lowest BCUT2D eigenvalue weighted by atomic mass is 10.0. The van der Waals surface area contributed by atoms with Crippen LogP contribution in [0.2, 0.25) is 0 Å². The molecule has 1 aromatic heterocycles. The Bertz CT molecular complexity index is 1040. The van der Waals surface area contributed by atoms with E-state index in [0.717, 1.165) is 33.8 Å². The molecule has 0 unspecified atom stereocenters. The van der Waals surface area contributed by atoms with E-state index in [2.05, 4.69) is 39.9 Å². The molecule has 3 aromatic carbocycles. The SMILES string of the molecule is O=C(NCCc1nc(-c2ccccc2)cs1)c1ccc(-c2ccccc2)cc1. The summed E-state index contributed by atoms with van der Waals surface area (Å²) in [6.07, 6.45) is 0.728. The van der Waals surface area contributed by atoms with E-state index in [-0.39, 0.29) is 5.91 Å². The molecule has 0 saturated heterocycles. The number of carbonyl (C=O) groups excluding carboxylic acids is 1. The molecule has 0 saturated carbocycles. The first-order valence-electron chi connectivity index (χ1n) is 9.23. The molecule has 0 bridgehead atoms. The van der Waals surface area contributed by atoms with E-state index in [0.29, 0.717) is 12.1 Å². The van der Waals surface area contributed by atoms with Crippen molar-refractivity contribution in [3.63, 3.8) is 0 Å². The maximum absolute atomic E-state index is 12.4. The Morgan fingerprint density at radius 3 is 2.07 bits per heavy atom. The van der Waals surface area contributed by atoms with Crippen LogP contribution in [0, 0.1) is 0 Å². The molecule has 3 nitrogen and oxygen atoms in total. The number of benzene rings is 3. The number of aromatic nitrogens is 1. The third kappa shape index (κ3) is 4.35. The van der Waals surface area contributed by atoms with Crippen LogP contribution in [0.1, 0.15) is 15.4 Å². The first kappa shape index (κ1) is 18.1. The van der Waals surface area contributed by atoms with Crippen LogP contribution in [0.25, 0.3) is 22.4 Å². The Morgan fingerprint density at radius 1 is 0.786 bits per heavy atom. The molecule has 0 atom stereocenters. The van der Waals surface area contributed by atoms with Crippen molar-refractivity contribution in [2.75, 3.05) is 6.54 Å².